The van der Waals surface area contributed by atoms with E-state index < -0.39 is 0 Å². The van der Waals surface area contributed by atoms with Gasteiger partial charge in [0.2, 0.25) is 0 Å². The number of hydrogen-bond donors (Lipinski definition) is 0. The van der Waals surface area contributed by atoms with Crippen molar-refractivity contribution < 1.29 is 9.53 Å². The molecule has 0 spiro atoms. The average Bonchev–Trinajstić information content (AvgIpc) is 2.47. The second-order valence-corrected chi connectivity index (χ2v) is 2.69. The summed E-state index contributed by atoms with van der Waals surface area (Å²) in [5.41, 5.74) is 0. The van der Waals surface area contributed by atoms with Gasteiger partial charge in [0.1, 0.15) is 6.61 Å². The summed E-state index contributed by atoms with van der Waals surface area (Å²) >= 11 is 0. The van der Waals surface area contributed by atoms with Crippen molar-refractivity contribution in [1.29, 1.82) is 0 Å². The first-order valence-corrected chi connectivity index (χ1v) is 3.96. The van der Waals surface area contributed by atoms with Gasteiger partial charge >= 0.3 is 6.09 Å². The number of rotatable bonds is 2. The maximum Gasteiger partial charge on any atom is 0.410 e. The van der Waals surface area contributed by atoms with Crippen molar-refractivity contribution in [3.8, 4) is 0 Å². The molecule has 1 atom stereocenters. The lowest BCUT2D eigenvalue weighted by atomic mass is 10.3. The summed E-state index contributed by atoms with van der Waals surface area (Å²) in [5, 5.41) is 0. The Morgan fingerprint density at radius 1 is 1.92 bits per heavy atom. The van der Waals surface area contributed by atoms with E-state index in [1.165, 1.54) is 0 Å². The number of ether oxygens (including phenoxy) is 1. The minimum atomic E-state index is -0.271. The lowest BCUT2D eigenvalue weighted by molar-refractivity contribution is 0.113. The van der Waals surface area contributed by atoms with E-state index in [1.54, 1.807) is 11.0 Å². The molecule has 0 radical (unpaired) electrons. The SMILES string of the molecule is C=CCOC(=O)N1CC=C[C@H]1C. The van der Waals surface area contributed by atoms with Crippen LogP contribution in [0.2, 0.25) is 0 Å². The summed E-state index contributed by atoms with van der Waals surface area (Å²) in [6, 6.07) is 0.155. The number of amides is 1. The van der Waals surface area contributed by atoms with Gasteiger partial charge in [-0.15, -0.1) is 0 Å². The van der Waals surface area contributed by atoms with Crippen LogP contribution in [0.4, 0.5) is 4.79 Å². The third-order valence-electron chi connectivity index (χ3n) is 1.77. The van der Waals surface area contributed by atoms with Gasteiger partial charge < -0.3 is 4.74 Å². The van der Waals surface area contributed by atoms with E-state index in [-0.39, 0.29) is 18.7 Å². The molecule has 3 nitrogen and oxygen atoms in total. The van der Waals surface area contributed by atoms with Crippen molar-refractivity contribution in [3.63, 3.8) is 0 Å². The first-order chi connectivity index (χ1) is 5.75. The maximum absolute atomic E-state index is 11.2. The lowest BCUT2D eigenvalue weighted by Crippen LogP contribution is -2.34. The van der Waals surface area contributed by atoms with Crippen LogP contribution in [0.5, 0.6) is 0 Å². The number of hydrogen-bond acceptors (Lipinski definition) is 2. The van der Waals surface area contributed by atoms with Crippen molar-refractivity contribution in [3.05, 3.63) is 24.8 Å². The maximum atomic E-state index is 11.2. The Morgan fingerprint density at radius 3 is 3.17 bits per heavy atom. The van der Waals surface area contributed by atoms with E-state index in [1.807, 2.05) is 19.1 Å². The summed E-state index contributed by atoms with van der Waals surface area (Å²) in [5.74, 6) is 0. The van der Waals surface area contributed by atoms with Crippen LogP contribution in [-0.2, 0) is 4.74 Å². The van der Waals surface area contributed by atoms with Crippen molar-refractivity contribution in [1.82, 2.24) is 4.90 Å². The highest BCUT2D eigenvalue weighted by Crippen LogP contribution is 2.09. The fourth-order valence-corrected chi connectivity index (χ4v) is 1.10. The second kappa shape index (κ2) is 3.95. The largest absolute Gasteiger partial charge is 0.445 e. The van der Waals surface area contributed by atoms with E-state index >= 15 is 0 Å². The molecule has 0 aliphatic carbocycles. The summed E-state index contributed by atoms with van der Waals surface area (Å²) in [6.45, 7) is 6.35. The Labute approximate surface area is 72.3 Å². The third-order valence-corrected chi connectivity index (χ3v) is 1.77. The standard InChI is InChI=1S/C9H13NO2/c1-3-7-12-9(11)10-6-4-5-8(10)2/h3-5,8H,1,6-7H2,2H3/t8-/m1/s1. The molecule has 1 rings (SSSR count). The van der Waals surface area contributed by atoms with Gasteiger partial charge in [0.25, 0.3) is 0 Å². The van der Waals surface area contributed by atoms with Crippen LogP contribution in [0.1, 0.15) is 6.92 Å². The Balaban J connectivity index is 2.37. The molecular weight excluding hydrogens is 154 g/mol. The molecule has 0 aromatic carbocycles. The molecule has 1 amide bonds. The van der Waals surface area contributed by atoms with Crippen LogP contribution in [0.3, 0.4) is 0 Å². The zero-order valence-corrected chi connectivity index (χ0v) is 7.19. The van der Waals surface area contributed by atoms with Crippen molar-refractivity contribution in [2.45, 2.75) is 13.0 Å². The first-order valence-electron chi connectivity index (χ1n) is 3.96. The molecule has 1 heterocycles. The number of nitrogens with zero attached hydrogens (tertiary/aromatic N) is 1. The summed E-state index contributed by atoms with van der Waals surface area (Å²) in [4.78, 5) is 12.9. The molecule has 0 saturated carbocycles. The summed E-state index contributed by atoms with van der Waals surface area (Å²) in [7, 11) is 0. The molecule has 0 saturated heterocycles. The molecule has 0 unspecified atom stereocenters. The van der Waals surface area contributed by atoms with Crippen molar-refractivity contribution >= 4 is 6.09 Å². The highest BCUT2D eigenvalue weighted by atomic mass is 16.6. The minimum absolute atomic E-state index is 0.155. The molecule has 66 valence electrons. The molecule has 12 heavy (non-hydrogen) atoms. The fraction of sp³-hybridized carbons (Fsp3) is 0.444. The zero-order valence-electron chi connectivity index (χ0n) is 7.19. The molecule has 0 fully saturated rings. The third kappa shape index (κ3) is 1.87. The molecular formula is C9H13NO2. The van der Waals surface area contributed by atoms with E-state index in [2.05, 4.69) is 6.58 Å². The van der Waals surface area contributed by atoms with Crippen LogP contribution < -0.4 is 0 Å². The quantitative estimate of drug-likeness (QED) is 0.584. The molecule has 0 aromatic heterocycles. The predicted octanol–water partition coefficient (Wildman–Crippen LogP) is 1.57. The first kappa shape index (κ1) is 8.84. The second-order valence-electron chi connectivity index (χ2n) is 2.69. The molecule has 0 bridgehead atoms. The van der Waals surface area contributed by atoms with E-state index in [0.717, 1.165) is 0 Å². The van der Waals surface area contributed by atoms with Crippen LogP contribution in [0, 0.1) is 0 Å². The Bertz CT molecular complexity index is 211. The van der Waals surface area contributed by atoms with Gasteiger partial charge in [-0.05, 0) is 6.92 Å². The molecule has 0 aromatic rings. The van der Waals surface area contributed by atoms with Crippen molar-refractivity contribution in [2.24, 2.45) is 0 Å². The average molecular weight is 167 g/mol. The van der Waals surface area contributed by atoms with Crippen molar-refractivity contribution in [2.75, 3.05) is 13.2 Å². The summed E-state index contributed by atoms with van der Waals surface area (Å²) in [6.07, 6.45) is 5.23. The molecule has 1 aliphatic rings. The van der Waals surface area contributed by atoms with Crippen LogP contribution >= 0.6 is 0 Å². The highest BCUT2D eigenvalue weighted by Gasteiger charge is 2.21. The normalized spacial score (nSPS) is 21.1. The van der Waals surface area contributed by atoms with Gasteiger partial charge in [-0.25, -0.2) is 4.79 Å². The summed E-state index contributed by atoms with van der Waals surface area (Å²) < 4.78 is 4.87. The van der Waals surface area contributed by atoms with Crippen LogP contribution in [0.25, 0.3) is 0 Å². The smallest absolute Gasteiger partial charge is 0.410 e. The van der Waals surface area contributed by atoms with Gasteiger partial charge in [-0.1, -0.05) is 24.8 Å². The van der Waals surface area contributed by atoms with Crippen LogP contribution in [0.15, 0.2) is 24.8 Å². The van der Waals surface area contributed by atoms with Gasteiger partial charge in [-0.2, -0.15) is 0 Å². The highest BCUT2D eigenvalue weighted by molar-refractivity contribution is 5.69. The Morgan fingerprint density at radius 2 is 2.67 bits per heavy atom. The van der Waals surface area contributed by atoms with Gasteiger partial charge in [0.05, 0.1) is 6.04 Å². The van der Waals surface area contributed by atoms with E-state index in [0.29, 0.717) is 6.54 Å². The predicted molar refractivity (Wildman–Crippen MR) is 46.9 cm³/mol. The number of carbonyl (C=O) groups excluding carboxylic acids is 1. The molecule has 1 aliphatic heterocycles. The van der Waals surface area contributed by atoms with Gasteiger partial charge in [0, 0.05) is 6.54 Å². The minimum Gasteiger partial charge on any atom is -0.445 e. The molecule has 3 heteroatoms. The Hall–Kier alpha value is -1.25. The van der Waals surface area contributed by atoms with E-state index in [4.69, 9.17) is 4.74 Å². The fourth-order valence-electron chi connectivity index (χ4n) is 1.10. The van der Waals surface area contributed by atoms with Gasteiger partial charge in [0.15, 0.2) is 0 Å². The zero-order chi connectivity index (χ0) is 8.97. The Kier molecular flexibility index (Phi) is 2.91. The van der Waals surface area contributed by atoms with Crippen LogP contribution in [-0.4, -0.2) is 30.2 Å². The molecule has 0 N–H and O–H groups in total. The monoisotopic (exact) mass is 167 g/mol. The van der Waals surface area contributed by atoms with Gasteiger partial charge in [-0.3, -0.25) is 4.90 Å². The van der Waals surface area contributed by atoms with E-state index in [9.17, 15) is 4.79 Å². The topological polar surface area (TPSA) is 29.5 Å². The number of carbonyl (C=O) groups is 1. The lowest BCUT2D eigenvalue weighted by Gasteiger charge is -2.19.